The first-order valence-electron chi connectivity index (χ1n) is 8.79. The van der Waals surface area contributed by atoms with Crippen molar-refractivity contribution >= 4 is 29.6 Å². The Morgan fingerprint density at radius 1 is 0.867 bits per heavy atom. The van der Waals surface area contributed by atoms with E-state index in [1.165, 1.54) is 40.6 Å². The van der Waals surface area contributed by atoms with Crippen molar-refractivity contribution in [3.63, 3.8) is 0 Å². The lowest BCUT2D eigenvalue weighted by molar-refractivity contribution is -0.122. The number of imide groups is 2. The molecule has 9 heteroatoms. The average Bonchev–Trinajstić information content (AvgIpc) is 2.75. The predicted molar refractivity (Wildman–Crippen MR) is 108 cm³/mol. The summed E-state index contributed by atoms with van der Waals surface area (Å²) in [6.07, 6.45) is 1.35. The molecule has 1 N–H and O–H groups in total. The van der Waals surface area contributed by atoms with Crippen LogP contribution >= 0.6 is 0 Å². The Hall–Kier alpha value is -4.01. The maximum absolute atomic E-state index is 13.0. The lowest BCUT2D eigenvalue weighted by Crippen LogP contribution is -2.54. The van der Waals surface area contributed by atoms with Gasteiger partial charge in [-0.25, -0.2) is 9.69 Å². The van der Waals surface area contributed by atoms with Crippen LogP contribution in [0.3, 0.4) is 0 Å². The lowest BCUT2D eigenvalue weighted by Gasteiger charge is -2.26. The molecule has 0 unspecified atom stereocenters. The molecule has 0 saturated carbocycles. The normalized spacial score (nSPS) is 15.1. The maximum atomic E-state index is 13.0. The molecule has 0 aliphatic carbocycles. The predicted octanol–water partition coefficient (Wildman–Crippen LogP) is 2.39. The summed E-state index contributed by atoms with van der Waals surface area (Å²) in [5.74, 6) is -0.0419. The minimum absolute atomic E-state index is 0.230. The highest BCUT2D eigenvalue weighted by Gasteiger charge is 2.37. The Morgan fingerprint density at radius 2 is 1.53 bits per heavy atom. The molecule has 0 radical (unpaired) electrons. The molecule has 1 aliphatic rings. The molecule has 1 heterocycles. The Balaban J connectivity index is 2.06. The fourth-order valence-electron chi connectivity index (χ4n) is 2.99. The second-order valence-electron chi connectivity index (χ2n) is 6.12. The Bertz CT molecular complexity index is 1020. The summed E-state index contributed by atoms with van der Waals surface area (Å²) in [7, 11) is 5.84. The van der Waals surface area contributed by atoms with Gasteiger partial charge in [0.15, 0.2) is 11.5 Å². The third kappa shape index (κ3) is 3.77. The number of nitrogens with one attached hydrogen (secondary N) is 1. The molecule has 0 atom stereocenters. The first-order valence-corrected chi connectivity index (χ1v) is 8.79. The summed E-state index contributed by atoms with van der Waals surface area (Å²) in [5, 5.41) is 2.18. The van der Waals surface area contributed by atoms with Crippen molar-refractivity contribution in [3.05, 3.63) is 47.5 Å². The molecule has 3 rings (SSSR count). The van der Waals surface area contributed by atoms with Gasteiger partial charge in [0.2, 0.25) is 5.75 Å². The molecule has 2 aromatic rings. The van der Waals surface area contributed by atoms with E-state index in [2.05, 4.69) is 5.32 Å². The Kier molecular flexibility index (Phi) is 5.91. The SMILES string of the molecule is COc1cccc(N2C(=O)NC(=O)/C(=C\c3cc(OC)c(OC)c(OC)c3)C2=O)c1. The summed E-state index contributed by atoms with van der Waals surface area (Å²) in [6, 6.07) is 8.71. The first-order chi connectivity index (χ1) is 14.4. The van der Waals surface area contributed by atoms with Crippen molar-refractivity contribution in [1.29, 1.82) is 0 Å². The van der Waals surface area contributed by atoms with Gasteiger partial charge in [0, 0.05) is 6.07 Å². The molecule has 2 aromatic carbocycles. The molecule has 4 amide bonds. The number of hydrogen-bond acceptors (Lipinski definition) is 7. The van der Waals surface area contributed by atoms with Crippen LogP contribution in [0, 0.1) is 0 Å². The van der Waals surface area contributed by atoms with E-state index in [1.54, 1.807) is 30.3 Å². The number of hydrogen-bond donors (Lipinski definition) is 1. The van der Waals surface area contributed by atoms with E-state index < -0.39 is 17.8 Å². The van der Waals surface area contributed by atoms with E-state index in [0.29, 0.717) is 28.6 Å². The van der Waals surface area contributed by atoms with Crippen LogP contribution in [0.15, 0.2) is 42.0 Å². The zero-order valence-corrected chi connectivity index (χ0v) is 16.8. The van der Waals surface area contributed by atoms with E-state index in [9.17, 15) is 14.4 Å². The van der Waals surface area contributed by atoms with Gasteiger partial charge in [-0.05, 0) is 35.9 Å². The van der Waals surface area contributed by atoms with Gasteiger partial charge in [-0.2, -0.15) is 0 Å². The first kappa shape index (κ1) is 20.7. The van der Waals surface area contributed by atoms with Crippen molar-refractivity contribution in [2.75, 3.05) is 33.3 Å². The van der Waals surface area contributed by atoms with Gasteiger partial charge in [-0.1, -0.05) is 6.07 Å². The summed E-state index contributed by atoms with van der Waals surface area (Å²) in [4.78, 5) is 38.6. The summed E-state index contributed by atoms with van der Waals surface area (Å²) in [6.45, 7) is 0. The van der Waals surface area contributed by atoms with Gasteiger partial charge in [-0.3, -0.25) is 14.9 Å². The highest BCUT2D eigenvalue weighted by Crippen LogP contribution is 2.39. The van der Waals surface area contributed by atoms with Crippen LogP contribution in [0.25, 0.3) is 6.08 Å². The van der Waals surface area contributed by atoms with Crippen LogP contribution in [0.1, 0.15) is 5.56 Å². The Labute approximate surface area is 172 Å². The number of amides is 4. The van der Waals surface area contributed by atoms with Gasteiger partial charge < -0.3 is 18.9 Å². The van der Waals surface area contributed by atoms with Crippen LogP contribution in [-0.4, -0.2) is 46.3 Å². The molecule has 156 valence electrons. The summed E-state index contributed by atoms with van der Waals surface area (Å²) >= 11 is 0. The molecule has 1 aliphatic heterocycles. The van der Waals surface area contributed by atoms with Gasteiger partial charge in [0.05, 0.1) is 34.1 Å². The summed E-state index contributed by atoms with van der Waals surface area (Å²) in [5.41, 5.74) is 0.481. The molecular formula is C21H20N2O7. The van der Waals surface area contributed by atoms with Gasteiger partial charge in [0.1, 0.15) is 11.3 Å². The van der Waals surface area contributed by atoms with Crippen molar-refractivity contribution in [1.82, 2.24) is 5.32 Å². The van der Waals surface area contributed by atoms with Crippen LogP contribution in [-0.2, 0) is 9.59 Å². The van der Waals surface area contributed by atoms with E-state index in [1.807, 2.05) is 0 Å². The largest absolute Gasteiger partial charge is 0.497 e. The zero-order valence-electron chi connectivity index (χ0n) is 16.8. The molecule has 0 spiro atoms. The second kappa shape index (κ2) is 8.56. The average molecular weight is 412 g/mol. The van der Waals surface area contributed by atoms with Crippen LogP contribution in [0.5, 0.6) is 23.0 Å². The van der Waals surface area contributed by atoms with Gasteiger partial charge in [-0.15, -0.1) is 0 Å². The molecule has 30 heavy (non-hydrogen) atoms. The number of benzene rings is 2. The number of anilines is 1. The topological polar surface area (TPSA) is 103 Å². The van der Waals surface area contributed by atoms with E-state index in [0.717, 1.165) is 4.90 Å². The quantitative estimate of drug-likeness (QED) is 0.574. The highest BCUT2D eigenvalue weighted by atomic mass is 16.5. The molecular weight excluding hydrogens is 392 g/mol. The number of nitrogens with zero attached hydrogens (tertiary/aromatic N) is 1. The van der Waals surface area contributed by atoms with Crippen molar-refractivity contribution in [2.24, 2.45) is 0 Å². The number of rotatable bonds is 6. The zero-order chi connectivity index (χ0) is 21.8. The third-order valence-electron chi connectivity index (χ3n) is 4.41. The van der Waals surface area contributed by atoms with E-state index in [4.69, 9.17) is 18.9 Å². The minimum Gasteiger partial charge on any atom is -0.497 e. The van der Waals surface area contributed by atoms with E-state index in [-0.39, 0.29) is 11.3 Å². The molecule has 1 fully saturated rings. The second-order valence-corrected chi connectivity index (χ2v) is 6.12. The number of barbiturate groups is 1. The third-order valence-corrected chi connectivity index (χ3v) is 4.41. The van der Waals surface area contributed by atoms with Crippen molar-refractivity contribution in [2.45, 2.75) is 0 Å². The maximum Gasteiger partial charge on any atom is 0.335 e. The van der Waals surface area contributed by atoms with Gasteiger partial charge >= 0.3 is 6.03 Å². The molecule has 0 bridgehead atoms. The van der Waals surface area contributed by atoms with Crippen LogP contribution < -0.4 is 29.2 Å². The van der Waals surface area contributed by atoms with E-state index >= 15 is 0 Å². The minimum atomic E-state index is -0.847. The number of methoxy groups -OCH3 is 4. The fraction of sp³-hybridized carbons (Fsp3) is 0.190. The highest BCUT2D eigenvalue weighted by molar-refractivity contribution is 6.39. The molecule has 0 aromatic heterocycles. The van der Waals surface area contributed by atoms with Gasteiger partial charge in [0.25, 0.3) is 11.8 Å². The van der Waals surface area contributed by atoms with Crippen LogP contribution in [0.4, 0.5) is 10.5 Å². The monoisotopic (exact) mass is 412 g/mol. The smallest absolute Gasteiger partial charge is 0.335 e. The molecule has 1 saturated heterocycles. The number of urea groups is 1. The van der Waals surface area contributed by atoms with Crippen molar-refractivity contribution < 1.29 is 33.3 Å². The number of carbonyl (C=O) groups excluding carboxylic acids is 3. The number of carbonyl (C=O) groups is 3. The standard InChI is InChI=1S/C21H20N2O7/c1-27-14-7-5-6-13(11-14)23-20(25)15(19(24)22-21(23)26)8-12-9-16(28-2)18(30-4)17(10-12)29-3/h5-11H,1-4H3,(H,22,24,26)/b15-8+. The Morgan fingerprint density at radius 3 is 2.10 bits per heavy atom. The number of ether oxygens (including phenoxy) is 4. The fourth-order valence-corrected chi connectivity index (χ4v) is 2.99. The summed E-state index contributed by atoms with van der Waals surface area (Å²) < 4.78 is 21.0. The van der Waals surface area contributed by atoms with Crippen molar-refractivity contribution in [3.8, 4) is 23.0 Å². The van der Waals surface area contributed by atoms with Crippen LogP contribution in [0.2, 0.25) is 0 Å². The molecule has 9 nitrogen and oxygen atoms in total. The lowest BCUT2D eigenvalue weighted by atomic mass is 10.1.